The van der Waals surface area contributed by atoms with Gasteiger partial charge in [-0.3, -0.25) is 14.6 Å². The number of hydrogen-bond acceptors (Lipinski definition) is 4. The average molecular weight is 413 g/mol. The van der Waals surface area contributed by atoms with Crippen LogP contribution in [0.15, 0.2) is 45.5 Å². The predicted octanol–water partition coefficient (Wildman–Crippen LogP) is 3.45. The second-order valence-corrected chi connectivity index (χ2v) is 7.13. The van der Waals surface area contributed by atoms with E-state index in [0.29, 0.717) is 17.3 Å². The van der Waals surface area contributed by atoms with Crippen LogP contribution in [0.2, 0.25) is 5.02 Å². The monoisotopic (exact) mass is 411 g/mol. The molecule has 1 aliphatic heterocycles. The van der Waals surface area contributed by atoms with Gasteiger partial charge in [0.25, 0.3) is 0 Å². The Balaban J connectivity index is 1.44. The lowest BCUT2D eigenvalue weighted by Crippen LogP contribution is -2.48. The van der Waals surface area contributed by atoms with Gasteiger partial charge >= 0.3 is 0 Å². The maximum atomic E-state index is 12.2. The van der Waals surface area contributed by atoms with Crippen LogP contribution < -0.4 is 5.32 Å². The van der Waals surface area contributed by atoms with E-state index in [1.807, 2.05) is 18.2 Å². The Labute approximate surface area is 154 Å². The minimum absolute atomic E-state index is 0.0429. The summed E-state index contributed by atoms with van der Waals surface area (Å²) in [7, 11) is 0. The van der Waals surface area contributed by atoms with Crippen LogP contribution in [0.25, 0.3) is 0 Å². The first-order valence-electron chi connectivity index (χ1n) is 7.82. The molecule has 1 fully saturated rings. The van der Waals surface area contributed by atoms with Crippen molar-refractivity contribution in [3.63, 3.8) is 0 Å². The SMILES string of the molecule is O=C(CN1CCN(Cc2ccco2)CC1)Nc1ccc(Br)cc1Cl. The molecular formula is C17H19BrClN3O2. The smallest absolute Gasteiger partial charge is 0.238 e. The molecule has 0 atom stereocenters. The van der Waals surface area contributed by atoms with E-state index in [0.717, 1.165) is 43.0 Å². The second kappa shape index (κ2) is 8.16. The van der Waals surface area contributed by atoms with Crippen LogP contribution in [0, 0.1) is 0 Å². The molecule has 1 aromatic heterocycles. The van der Waals surface area contributed by atoms with Gasteiger partial charge in [-0.15, -0.1) is 0 Å². The van der Waals surface area contributed by atoms with E-state index in [2.05, 4.69) is 31.0 Å². The van der Waals surface area contributed by atoms with Gasteiger partial charge in [0.1, 0.15) is 5.76 Å². The molecule has 2 aromatic rings. The summed E-state index contributed by atoms with van der Waals surface area (Å²) in [6.45, 7) is 4.77. The van der Waals surface area contributed by atoms with Gasteiger partial charge < -0.3 is 9.73 Å². The number of nitrogens with one attached hydrogen (secondary N) is 1. The van der Waals surface area contributed by atoms with Crippen LogP contribution in [0.5, 0.6) is 0 Å². The minimum atomic E-state index is -0.0429. The second-order valence-electron chi connectivity index (χ2n) is 5.80. The normalized spacial score (nSPS) is 16.2. The Kier molecular flexibility index (Phi) is 5.94. The molecule has 24 heavy (non-hydrogen) atoms. The maximum Gasteiger partial charge on any atom is 0.238 e. The van der Waals surface area contributed by atoms with Crippen LogP contribution in [0.3, 0.4) is 0 Å². The number of furan rings is 1. The third kappa shape index (κ3) is 4.83. The summed E-state index contributed by atoms with van der Waals surface area (Å²) in [5.41, 5.74) is 0.640. The fourth-order valence-corrected chi connectivity index (χ4v) is 3.43. The summed E-state index contributed by atoms with van der Waals surface area (Å²) in [4.78, 5) is 16.7. The van der Waals surface area contributed by atoms with Gasteiger partial charge in [0.05, 0.1) is 30.1 Å². The van der Waals surface area contributed by atoms with Crippen molar-refractivity contribution in [3.8, 4) is 0 Å². The highest BCUT2D eigenvalue weighted by Crippen LogP contribution is 2.25. The molecule has 1 aliphatic rings. The predicted molar refractivity (Wildman–Crippen MR) is 98.2 cm³/mol. The van der Waals surface area contributed by atoms with Crippen LogP contribution in [-0.4, -0.2) is 48.4 Å². The number of nitrogens with zero attached hydrogens (tertiary/aromatic N) is 2. The van der Waals surface area contributed by atoms with Gasteiger partial charge in [-0.25, -0.2) is 0 Å². The van der Waals surface area contributed by atoms with Crippen molar-refractivity contribution < 1.29 is 9.21 Å². The fraction of sp³-hybridized carbons (Fsp3) is 0.353. The van der Waals surface area contributed by atoms with E-state index in [1.165, 1.54) is 0 Å². The van der Waals surface area contributed by atoms with Gasteiger partial charge in [0, 0.05) is 30.7 Å². The number of carbonyl (C=O) groups excluding carboxylic acids is 1. The molecule has 1 N–H and O–H groups in total. The third-order valence-corrected chi connectivity index (χ3v) is 4.80. The summed E-state index contributed by atoms with van der Waals surface area (Å²) in [5, 5.41) is 3.40. The van der Waals surface area contributed by atoms with E-state index >= 15 is 0 Å². The molecule has 3 rings (SSSR count). The van der Waals surface area contributed by atoms with E-state index < -0.39 is 0 Å². The first-order chi connectivity index (χ1) is 11.6. The highest BCUT2D eigenvalue weighted by atomic mass is 79.9. The molecule has 0 saturated carbocycles. The molecule has 1 aromatic carbocycles. The molecule has 0 spiro atoms. The van der Waals surface area contributed by atoms with Crippen molar-refractivity contribution in [1.29, 1.82) is 0 Å². The summed E-state index contributed by atoms with van der Waals surface area (Å²) in [6.07, 6.45) is 1.70. The summed E-state index contributed by atoms with van der Waals surface area (Å²) in [6, 6.07) is 9.32. The number of hydrogen-bond donors (Lipinski definition) is 1. The number of anilines is 1. The van der Waals surface area contributed by atoms with Crippen LogP contribution in [-0.2, 0) is 11.3 Å². The number of rotatable bonds is 5. The van der Waals surface area contributed by atoms with E-state index in [4.69, 9.17) is 16.0 Å². The Morgan fingerprint density at radius 3 is 2.62 bits per heavy atom. The van der Waals surface area contributed by atoms with Crippen molar-refractivity contribution in [2.45, 2.75) is 6.54 Å². The Bertz CT molecular complexity index is 685. The van der Waals surface area contributed by atoms with E-state index in [9.17, 15) is 4.79 Å². The first kappa shape index (κ1) is 17.5. The summed E-state index contributed by atoms with van der Waals surface area (Å²) in [5.74, 6) is 0.935. The molecule has 0 bridgehead atoms. The van der Waals surface area contributed by atoms with Crippen LogP contribution >= 0.6 is 27.5 Å². The molecular weight excluding hydrogens is 394 g/mol. The molecule has 7 heteroatoms. The Morgan fingerprint density at radius 2 is 1.96 bits per heavy atom. The zero-order valence-electron chi connectivity index (χ0n) is 13.2. The van der Waals surface area contributed by atoms with Crippen molar-refractivity contribution in [1.82, 2.24) is 9.80 Å². The molecule has 2 heterocycles. The van der Waals surface area contributed by atoms with E-state index in [-0.39, 0.29) is 5.91 Å². The molecule has 0 radical (unpaired) electrons. The van der Waals surface area contributed by atoms with E-state index in [1.54, 1.807) is 18.4 Å². The summed E-state index contributed by atoms with van der Waals surface area (Å²) >= 11 is 9.48. The minimum Gasteiger partial charge on any atom is -0.468 e. The third-order valence-electron chi connectivity index (χ3n) is 4.00. The van der Waals surface area contributed by atoms with Crippen molar-refractivity contribution in [3.05, 3.63) is 51.9 Å². The van der Waals surface area contributed by atoms with Crippen molar-refractivity contribution >= 4 is 39.1 Å². The lowest BCUT2D eigenvalue weighted by Gasteiger charge is -2.33. The molecule has 128 valence electrons. The van der Waals surface area contributed by atoms with Gasteiger partial charge in [-0.05, 0) is 30.3 Å². The lowest BCUT2D eigenvalue weighted by molar-refractivity contribution is -0.117. The molecule has 0 aliphatic carbocycles. The van der Waals surface area contributed by atoms with Gasteiger partial charge in [0.15, 0.2) is 0 Å². The number of piperazine rings is 1. The number of benzene rings is 1. The Hall–Kier alpha value is -1.34. The van der Waals surface area contributed by atoms with Gasteiger partial charge in [-0.1, -0.05) is 27.5 Å². The lowest BCUT2D eigenvalue weighted by atomic mass is 10.3. The number of carbonyl (C=O) groups is 1. The molecule has 1 saturated heterocycles. The Morgan fingerprint density at radius 1 is 1.21 bits per heavy atom. The maximum absolute atomic E-state index is 12.2. The summed E-state index contributed by atoms with van der Waals surface area (Å²) < 4.78 is 6.27. The topological polar surface area (TPSA) is 48.7 Å². The average Bonchev–Trinajstić information content (AvgIpc) is 3.05. The highest BCUT2D eigenvalue weighted by Gasteiger charge is 2.20. The van der Waals surface area contributed by atoms with Crippen LogP contribution in [0.4, 0.5) is 5.69 Å². The van der Waals surface area contributed by atoms with Crippen LogP contribution in [0.1, 0.15) is 5.76 Å². The van der Waals surface area contributed by atoms with Gasteiger partial charge in [0.2, 0.25) is 5.91 Å². The molecule has 0 unspecified atom stereocenters. The highest BCUT2D eigenvalue weighted by molar-refractivity contribution is 9.10. The van der Waals surface area contributed by atoms with Gasteiger partial charge in [-0.2, -0.15) is 0 Å². The van der Waals surface area contributed by atoms with Crippen molar-refractivity contribution in [2.75, 3.05) is 38.0 Å². The largest absolute Gasteiger partial charge is 0.468 e. The molecule has 5 nitrogen and oxygen atoms in total. The standard InChI is InChI=1S/C17H19BrClN3O2/c18-13-3-4-16(15(19)10-13)20-17(23)12-22-7-5-21(6-8-22)11-14-2-1-9-24-14/h1-4,9-10H,5-8,11-12H2,(H,20,23). The fourth-order valence-electron chi connectivity index (χ4n) is 2.71. The number of halogens is 2. The zero-order chi connectivity index (χ0) is 16.9. The zero-order valence-corrected chi connectivity index (χ0v) is 15.5. The molecule has 1 amide bonds. The quantitative estimate of drug-likeness (QED) is 0.817. The number of amides is 1. The first-order valence-corrected chi connectivity index (χ1v) is 8.99. The van der Waals surface area contributed by atoms with Crippen molar-refractivity contribution in [2.24, 2.45) is 0 Å².